The minimum Gasteiger partial charge on any atom is -0.363 e. The summed E-state index contributed by atoms with van der Waals surface area (Å²) >= 11 is 0. The van der Waals surface area contributed by atoms with Crippen molar-refractivity contribution in [1.29, 1.82) is 0 Å². The Morgan fingerprint density at radius 1 is 1.21 bits per heavy atom. The summed E-state index contributed by atoms with van der Waals surface area (Å²) in [5.74, 6) is -2.40. The summed E-state index contributed by atoms with van der Waals surface area (Å²) in [5.41, 5.74) is 5.05. The number of likely N-dealkylation sites (tertiary alicyclic amines) is 1. The van der Waals surface area contributed by atoms with Gasteiger partial charge in [0.2, 0.25) is 24.0 Å². The highest BCUT2D eigenvalue weighted by Gasteiger charge is 2.38. The van der Waals surface area contributed by atoms with Crippen LogP contribution in [0.25, 0.3) is 0 Å². The number of nitrogens with two attached hydrogens (primary N) is 1. The highest BCUT2D eigenvalue weighted by molar-refractivity contribution is 6.37. The molecule has 0 aromatic carbocycles. The summed E-state index contributed by atoms with van der Waals surface area (Å²) in [5, 5.41) is 4.85. The van der Waals surface area contributed by atoms with E-state index in [0.29, 0.717) is 38.1 Å². The van der Waals surface area contributed by atoms with Crippen molar-refractivity contribution < 1.29 is 24.0 Å². The molecule has 4 N–H and O–H groups in total. The van der Waals surface area contributed by atoms with Crippen LogP contribution in [-0.2, 0) is 24.0 Å². The normalized spacial score (nSPS) is 21.0. The quantitative estimate of drug-likeness (QED) is 0.332. The van der Waals surface area contributed by atoms with Gasteiger partial charge in [-0.1, -0.05) is 12.8 Å². The maximum atomic E-state index is 12.5. The van der Waals surface area contributed by atoms with Crippen molar-refractivity contribution in [2.45, 2.75) is 44.2 Å². The number of primary amides is 1. The van der Waals surface area contributed by atoms with E-state index in [1.807, 2.05) is 0 Å². The first-order chi connectivity index (χ1) is 11.4. The van der Waals surface area contributed by atoms with Crippen LogP contribution < -0.4 is 16.4 Å². The topological polar surface area (TPSA) is 139 Å². The molecule has 24 heavy (non-hydrogen) atoms. The van der Waals surface area contributed by atoms with E-state index < -0.39 is 29.7 Å². The van der Waals surface area contributed by atoms with Crippen molar-refractivity contribution >= 4 is 29.9 Å². The second kappa shape index (κ2) is 7.89. The van der Waals surface area contributed by atoms with Crippen LogP contribution in [-0.4, -0.2) is 60.0 Å². The number of ketones is 1. The van der Waals surface area contributed by atoms with Gasteiger partial charge in [0.05, 0.1) is 12.6 Å². The highest BCUT2D eigenvalue weighted by atomic mass is 16.2. The molecular formula is C15H22N4O5. The lowest BCUT2D eigenvalue weighted by molar-refractivity contribution is -0.141. The number of amides is 4. The van der Waals surface area contributed by atoms with E-state index >= 15 is 0 Å². The Labute approximate surface area is 139 Å². The lowest BCUT2D eigenvalue weighted by atomic mass is 10.0. The molecule has 1 heterocycles. The van der Waals surface area contributed by atoms with Crippen LogP contribution >= 0.6 is 0 Å². The number of Topliss-reactive ketones (excluding diaryl/α,β-unsaturated/α-hetero) is 1. The van der Waals surface area contributed by atoms with E-state index in [2.05, 4.69) is 10.6 Å². The zero-order valence-corrected chi connectivity index (χ0v) is 13.3. The minimum atomic E-state index is -1.07. The van der Waals surface area contributed by atoms with Gasteiger partial charge in [-0.2, -0.15) is 0 Å². The lowest BCUT2D eigenvalue weighted by Crippen LogP contribution is -2.53. The number of carbonyl (C=O) groups is 5. The summed E-state index contributed by atoms with van der Waals surface area (Å²) < 4.78 is 0. The maximum Gasteiger partial charge on any atom is 0.287 e. The van der Waals surface area contributed by atoms with Crippen molar-refractivity contribution in [3.05, 3.63) is 0 Å². The molecule has 2 fully saturated rings. The summed E-state index contributed by atoms with van der Waals surface area (Å²) in [6, 6.07) is -1.64. The van der Waals surface area contributed by atoms with Crippen LogP contribution in [0.5, 0.6) is 0 Å². The zero-order chi connectivity index (χ0) is 17.7. The third-order valence-corrected chi connectivity index (χ3v) is 4.35. The van der Waals surface area contributed by atoms with Gasteiger partial charge in [-0.3, -0.25) is 24.0 Å². The summed E-state index contributed by atoms with van der Waals surface area (Å²) in [6.45, 7) is 0.230. The van der Waals surface area contributed by atoms with E-state index in [-0.39, 0.29) is 12.5 Å². The van der Waals surface area contributed by atoms with Crippen LogP contribution in [0, 0.1) is 5.92 Å². The van der Waals surface area contributed by atoms with Gasteiger partial charge >= 0.3 is 0 Å². The Bertz CT molecular complexity index is 546. The first-order valence-electron chi connectivity index (χ1n) is 8.04. The molecule has 1 aliphatic carbocycles. The highest BCUT2D eigenvalue weighted by Crippen LogP contribution is 2.33. The second-order valence-electron chi connectivity index (χ2n) is 6.21. The summed E-state index contributed by atoms with van der Waals surface area (Å²) in [6.07, 6.45) is 3.86. The number of hydrogen-bond donors (Lipinski definition) is 3. The van der Waals surface area contributed by atoms with E-state index in [1.54, 1.807) is 0 Å². The Kier molecular flexibility index (Phi) is 5.88. The van der Waals surface area contributed by atoms with Crippen molar-refractivity contribution in [2.75, 3.05) is 13.1 Å². The molecule has 2 atom stereocenters. The SMILES string of the molecule is NC(=O)C(=O)C(CC1CC1)NC(=O)C1CCCN1C(=O)CNC=O. The molecule has 2 unspecified atom stereocenters. The molecule has 9 nitrogen and oxygen atoms in total. The van der Waals surface area contributed by atoms with Crippen LogP contribution in [0.1, 0.15) is 32.1 Å². The van der Waals surface area contributed by atoms with Gasteiger partial charge in [-0.05, 0) is 25.2 Å². The molecule has 9 heteroatoms. The fraction of sp³-hybridized carbons (Fsp3) is 0.667. The maximum absolute atomic E-state index is 12.5. The van der Waals surface area contributed by atoms with Gasteiger partial charge < -0.3 is 21.3 Å². The lowest BCUT2D eigenvalue weighted by Gasteiger charge is -2.26. The standard InChI is InChI=1S/C15H22N4O5/c16-14(23)13(22)10(6-9-3-4-9)18-15(24)11-2-1-5-19(11)12(21)7-17-8-20/h8-11H,1-7H2,(H2,16,23)(H,17,20)(H,18,24). The van der Waals surface area contributed by atoms with E-state index in [4.69, 9.17) is 5.73 Å². The van der Waals surface area contributed by atoms with Gasteiger partial charge in [0.25, 0.3) is 5.91 Å². The van der Waals surface area contributed by atoms with E-state index in [9.17, 15) is 24.0 Å². The number of nitrogens with zero attached hydrogens (tertiary/aromatic N) is 1. The molecule has 0 aromatic rings. The van der Waals surface area contributed by atoms with Crippen LogP contribution in [0.15, 0.2) is 0 Å². The molecule has 2 aliphatic rings. The predicted molar refractivity (Wildman–Crippen MR) is 82.3 cm³/mol. The van der Waals surface area contributed by atoms with E-state index in [1.165, 1.54) is 4.90 Å². The predicted octanol–water partition coefficient (Wildman–Crippen LogP) is -1.94. The van der Waals surface area contributed by atoms with Crippen molar-refractivity contribution in [3.63, 3.8) is 0 Å². The van der Waals surface area contributed by atoms with Crippen LogP contribution in [0.4, 0.5) is 0 Å². The number of carbonyl (C=O) groups excluding carboxylic acids is 5. The smallest absolute Gasteiger partial charge is 0.287 e. The molecule has 132 valence electrons. The fourth-order valence-corrected chi connectivity index (χ4v) is 2.93. The molecular weight excluding hydrogens is 316 g/mol. The molecule has 1 aliphatic heterocycles. The summed E-state index contributed by atoms with van der Waals surface area (Å²) in [7, 11) is 0. The van der Waals surface area contributed by atoms with Gasteiger partial charge in [-0.25, -0.2) is 0 Å². The molecule has 0 spiro atoms. The Hall–Kier alpha value is -2.45. The van der Waals surface area contributed by atoms with Gasteiger partial charge in [-0.15, -0.1) is 0 Å². The van der Waals surface area contributed by atoms with Gasteiger partial charge in [0, 0.05) is 6.54 Å². The van der Waals surface area contributed by atoms with Crippen molar-refractivity contribution in [3.8, 4) is 0 Å². The molecule has 1 saturated carbocycles. The summed E-state index contributed by atoms with van der Waals surface area (Å²) in [4.78, 5) is 59.2. The molecule has 2 rings (SSSR count). The Balaban J connectivity index is 1.99. The zero-order valence-electron chi connectivity index (χ0n) is 13.3. The van der Waals surface area contributed by atoms with Crippen molar-refractivity contribution in [1.82, 2.24) is 15.5 Å². The average molecular weight is 338 g/mol. The third-order valence-electron chi connectivity index (χ3n) is 4.35. The van der Waals surface area contributed by atoms with Gasteiger partial charge in [0.15, 0.2) is 0 Å². The van der Waals surface area contributed by atoms with E-state index in [0.717, 1.165) is 12.8 Å². The number of hydrogen-bond acceptors (Lipinski definition) is 5. The largest absolute Gasteiger partial charge is 0.363 e. The Morgan fingerprint density at radius 3 is 2.50 bits per heavy atom. The van der Waals surface area contributed by atoms with Crippen molar-refractivity contribution in [2.24, 2.45) is 11.7 Å². The fourth-order valence-electron chi connectivity index (χ4n) is 2.93. The minimum absolute atomic E-state index is 0.182. The Morgan fingerprint density at radius 2 is 1.92 bits per heavy atom. The van der Waals surface area contributed by atoms with Gasteiger partial charge in [0.1, 0.15) is 6.04 Å². The molecule has 4 amide bonds. The van der Waals surface area contributed by atoms with Crippen LogP contribution in [0.3, 0.4) is 0 Å². The number of rotatable bonds is 9. The molecule has 0 bridgehead atoms. The first-order valence-corrected chi connectivity index (χ1v) is 8.04. The molecule has 0 aromatic heterocycles. The monoisotopic (exact) mass is 338 g/mol. The third kappa shape index (κ3) is 4.53. The average Bonchev–Trinajstić information content (AvgIpc) is 3.22. The first kappa shape index (κ1) is 17.9. The van der Waals surface area contributed by atoms with Crippen LogP contribution in [0.2, 0.25) is 0 Å². The molecule has 1 saturated heterocycles. The molecule has 0 radical (unpaired) electrons. The second-order valence-corrected chi connectivity index (χ2v) is 6.21. The number of nitrogens with one attached hydrogen (secondary N) is 2.